The first-order chi connectivity index (χ1) is 6.83. The fourth-order valence-corrected chi connectivity index (χ4v) is 1.54. The molecule has 0 bridgehead atoms. The summed E-state index contributed by atoms with van der Waals surface area (Å²) in [6.07, 6.45) is 1.07. The summed E-state index contributed by atoms with van der Waals surface area (Å²) < 4.78 is 6.25. The van der Waals surface area contributed by atoms with E-state index in [1.54, 1.807) is 7.11 Å². The lowest BCUT2D eigenvalue weighted by Crippen LogP contribution is -2.15. The van der Waals surface area contributed by atoms with E-state index in [0.29, 0.717) is 0 Å². The summed E-state index contributed by atoms with van der Waals surface area (Å²) >= 11 is 2.32. The molecular formula is C11H16INO. The molecule has 0 heterocycles. The third-order valence-electron chi connectivity index (χ3n) is 1.94. The molecule has 14 heavy (non-hydrogen) atoms. The molecule has 0 aliphatic rings. The molecule has 0 aliphatic carbocycles. The monoisotopic (exact) mass is 305 g/mol. The number of benzene rings is 1. The van der Waals surface area contributed by atoms with Crippen LogP contribution in [0.15, 0.2) is 24.3 Å². The number of ether oxygens (including phenoxy) is 1. The van der Waals surface area contributed by atoms with E-state index in [1.807, 2.05) is 0 Å². The number of hydrogen-bond donors (Lipinski definition) is 1. The topological polar surface area (TPSA) is 21.3 Å². The van der Waals surface area contributed by atoms with Gasteiger partial charge in [0.15, 0.2) is 0 Å². The Balaban J connectivity index is 2.15. The van der Waals surface area contributed by atoms with E-state index in [4.69, 9.17) is 4.74 Å². The van der Waals surface area contributed by atoms with E-state index in [2.05, 4.69) is 52.2 Å². The van der Waals surface area contributed by atoms with Crippen LogP contribution >= 0.6 is 22.6 Å². The quantitative estimate of drug-likeness (QED) is 0.644. The minimum absolute atomic E-state index is 0.833. The van der Waals surface area contributed by atoms with E-state index in [1.165, 1.54) is 9.13 Å². The maximum Gasteiger partial charge on any atom is 0.0474 e. The maximum atomic E-state index is 4.97. The minimum atomic E-state index is 0.833. The Hall–Kier alpha value is -0.130. The molecule has 0 spiro atoms. The van der Waals surface area contributed by atoms with Crippen molar-refractivity contribution in [3.63, 3.8) is 0 Å². The van der Waals surface area contributed by atoms with Crippen LogP contribution in [-0.4, -0.2) is 20.3 Å². The number of rotatable bonds is 6. The van der Waals surface area contributed by atoms with Gasteiger partial charge in [0, 0.05) is 23.8 Å². The largest absolute Gasteiger partial charge is 0.385 e. The summed E-state index contributed by atoms with van der Waals surface area (Å²) in [5, 5.41) is 3.37. The molecule has 0 atom stereocenters. The van der Waals surface area contributed by atoms with Crippen LogP contribution in [0.3, 0.4) is 0 Å². The van der Waals surface area contributed by atoms with Gasteiger partial charge in [-0.3, -0.25) is 0 Å². The summed E-state index contributed by atoms with van der Waals surface area (Å²) in [7, 11) is 1.74. The second-order valence-corrected chi connectivity index (χ2v) is 4.40. The third kappa shape index (κ3) is 4.93. The van der Waals surface area contributed by atoms with Crippen molar-refractivity contribution in [2.45, 2.75) is 13.0 Å². The van der Waals surface area contributed by atoms with Gasteiger partial charge < -0.3 is 10.1 Å². The Morgan fingerprint density at radius 1 is 1.29 bits per heavy atom. The molecule has 0 unspecified atom stereocenters. The van der Waals surface area contributed by atoms with Gasteiger partial charge in [-0.1, -0.05) is 12.1 Å². The van der Waals surface area contributed by atoms with Crippen molar-refractivity contribution in [3.05, 3.63) is 33.4 Å². The summed E-state index contributed by atoms with van der Waals surface area (Å²) in [6.45, 7) is 2.79. The van der Waals surface area contributed by atoms with Crippen molar-refractivity contribution in [2.24, 2.45) is 0 Å². The van der Waals surface area contributed by atoms with Gasteiger partial charge in [-0.05, 0) is 53.3 Å². The van der Waals surface area contributed by atoms with Crippen LogP contribution < -0.4 is 5.32 Å². The second kappa shape index (κ2) is 7.20. The predicted octanol–water partition coefficient (Wildman–Crippen LogP) is 2.42. The first kappa shape index (κ1) is 11.9. The average molecular weight is 305 g/mol. The lowest BCUT2D eigenvalue weighted by atomic mass is 10.2. The van der Waals surface area contributed by atoms with Crippen LogP contribution in [0.5, 0.6) is 0 Å². The number of hydrogen-bond acceptors (Lipinski definition) is 2. The molecule has 78 valence electrons. The van der Waals surface area contributed by atoms with Crippen molar-refractivity contribution in [1.29, 1.82) is 0 Å². The van der Waals surface area contributed by atoms with Gasteiger partial charge >= 0.3 is 0 Å². The van der Waals surface area contributed by atoms with Gasteiger partial charge in [0.2, 0.25) is 0 Å². The summed E-state index contributed by atoms with van der Waals surface area (Å²) in [4.78, 5) is 0. The molecule has 0 amide bonds. The highest BCUT2D eigenvalue weighted by molar-refractivity contribution is 14.1. The van der Waals surface area contributed by atoms with E-state index < -0.39 is 0 Å². The molecule has 0 saturated carbocycles. The fourth-order valence-electron chi connectivity index (χ4n) is 1.18. The molecule has 3 heteroatoms. The predicted molar refractivity (Wildman–Crippen MR) is 67.4 cm³/mol. The Kier molecular flexibility index (Phi) is 6.14. The van der Waals surface area contributed by atoms with Gasteiger partial charge in [-0.2, -0.15) is 0 Å². The Morgan fingerprint density at radius 3 is 2.64 bits per heavy atom. The molecule has 0 fully saturated rings. The Morgan fingerprint density at radius 2 is 2.00 bits per heavy atom. The molecule has 2 nitrogen and oxygen atoms in total. The first-order valence-electron chi connectivity index (χ1n) is 4.77. The highest BCUT2D eigenvalue weighted by Crippen LogP contribution is 2.06. The van der Waals surface area contributed by atoms with E-state index >= 15 is 0 Å². The molecule has 1 aromatic carbocycles. The molecule has 1 aromatic rings. The van der Waals surface area contributed by atoms with Gasteiger partial charge in [0.05, 0.1) is 0 Å². The zero-order valence-corrected chi connectivity index (χ0v) is 10.6. The molecule has 0 aliphatic heterocycles. The van der Waals surface area contributed by atoms with Gasteiger partial charge in [-0.25, -0.2) is 0 Å². The summed E-state index contributed by atoms with van der Waals surface area (Å²) in [6, 6.07) is 8.58. The SMILES string of the molecule is COCCCNCc1ccc(I)cc1. The van der Waals surface area contributed by atoms with Crippen LogP contribution in [0.25, 0.3) is 0 Å². The van der Waals surface area contributed by atoms with Gasteiger partial charge in [0.25, 0.3) is 0 Å². The summed E-state index contributed by atoms with van der Waals surface area (Å²) in [5.41, 5.74) is 1.34. The normalized spacial score (nSPS) is 10.4. The van der Waals surface area contributed by atoms with Crippen molar-refractivity contribution < 1.29 is 4.74 Å². The molecule has 0 radical (unpaired) electrons. The van der Waals surface area contributed by atoms with Crippen LogP contribution in [0.4, 0.5) is 0 Å². The van der Waals surface area contributed by atoms with Crippen molar-refractivity contribution in [3.8, 4) is 0 Å². The van der Waals surface area contributed by atoms with Gasteiger partial charge in [0.1, 0.15) is 0 Å². The second-order valence-electron chi connectivity index (χ2n) is 3.15. The maximum absolute atomic E-state index is 4.97. The average Bonchev–Trinajstić information content (AvgIpc) is 2.21. The smallest absolute Gasteiger partial charge is 0.0474 e. The lowest BCUT2D eigenvalue weighted by molar-refractivity contribution is 0.194. The van der Waals surface area contributed by atoms with E-state index in [-0.39, 0.29) is 0 Å². The Labute approximate surface area is 99.2 Å². The Bertz CT molecular complexity index is 248. The number of methoxy groups -OCH3 is 1. The molecular weight excluding hydrogens is 289 g/mol. The lowest BCUT2D eigenvalue weighted by Gasteiger charge is -2.04. The zero-order valence-electron chi connectivity index (χ0n) is 8.42. The van der Waals surface area contributed by atoms with Crippen molar-refractivity contribution >= 4 is 22.6 Å². The number of nitrogens with one attached hydrogen (secondary N) is 1. The highest BCUT2D eigenvalue weighted by Gasteiger charge is 1.92. The summed E-state index contributed by atoms with van der Waals surface area (Å²) in [5.74, 6) is 0. The molecule has 0 saturated heterocycles. The fraction of sp³-hybridized carbons (Fsp3) is 0.455. The van der Waals surface area contributed by atoms with Crippen molar-refractivity contribution in [1.82, 2.24) is 5.32 Å². The first-order valence-corrected chi connectivity index (χ1v) is 5.85. The van der Waals surface area contributed by atoms with Gasteiger partial charge in [-0.15, -0.1) is 0 Å². The zero-order chi connectivity index (χ0) is 10.2. The van der Waals surface area contributed by atoms with Crippen LogP contribution in [-0.2, 0) is 11.3 Å². The molecule has 1 rings (SSSR count). The van der Waals surface area contributed by atoms with Crippen LogP contribution in [0.1, 0.15) is 12.0 Å². The third-order valence-corrected chi connectivity index (χ3v) is 2.66. The van der Waals surface area contributed by atoms with Crippen molar-refractivity contribution in [2.75, 3.05) is 20.3 Å². The highest BCUT2D eigenvalue weighted by atomic mass is 127. The van der Waals surface area contributed by atoms with E-state index in [9.17, 15) is 0 Å². The molecule has 0 aromatic heterocycles. The minimum Gasteiger partial charge on any atom is -0.385 e. The van der Waals surface area contributed by atoms with Crippen LogP contribution in [0, 0.1) is 3.57 Å². The van der Waals surface area contributed by atoms with E-state index in [0.717, 1.165) is 26.1 Å². The standard InChI is InChI=1S/C11H16INO/c1-14-8-2-7-13-9-10-3-5-11(12)6-4-10/h3-6,13H,2,7-9H2,1H3. The number of halogens is 1. The van der Waals surface area contributed by atoms with Crippen LogP contribution in [0.2, 0.25) is 0 Å². The molecule has 1 N–H and O–H groups in total.